The second-order valence-electron chi connectivity index (χ2n) is 8.64. The highest BCUT2D eigenvalue weighted by molar-refractivity contribution is 6.07. The fourth-order valence-corrected chi connectivity index (χ4v) is 4.02. The van der Waals surface area contributed by atoms with E-state index in [1.807, 2.05) is 67.6 Å². The lowest BCUT2D eigenvalue weighted by atomic mass is 10.1. The summed E-state index contributed by atoms with van der Waals surface area (Å²) in [6, 6.07) is 32.8. The molecule has 0 bridgehead atoms. The standard InChI is InChI=1S/C31H30N4O3/c1-3-35(28-15-8-5-9-16-28)31(38)23-17-19-25(20-18-23)33-29(36)22-32-26-12-10-11-24(21-26)30(37)34(2)27-13-6-4-7-14-27/h4-21,32H,3,22H2,1-2H3,(H,33,36). The normalized spacial score (nSPS) is 10.4. The van der Waals surface area contributed by atoms with E-state index in [1.165, 1.54) is 0 Å². The minimum absolute atomic E-state index is 0.0183. The minimum atomic E-state index is -0.248. The summed E-state index contributed by atoms with van der Waals surface area (Å²) in [6.07, 6.45) is 0. The van der Waals surface area contributed by atoms with E-state index in [2.05, 4.69) is 10.6 Å². The Hall–Kier alpha value is -4.91. The van der Waals surface area contributed by atoms with Crippen molar-refractivity contribution in [2.75, 3.05) is 40.6 Å². The molecule has 0 aliphatic heterocycles. The molecule has 0 spiro atoms. The first-order valence-electron chi connectivity index (χ1n) is 12.4. The van der Waals surface area contributed by atoms with E-state index in [-0.39, 0.29) is 24.3 Å². The molecule has 7 nitrogen and oxygen atoms in total. The largest absolute Gasteiger partial charge is 0.376 e. The molecule has 192 valence electrons. The summed E-state index contributed by atoms with van der Waals surface area (Å²) in [5, 5.41) is 5.89. The number of hydrogen-bond donors (Lipinski definition) is 2. The average Bonchev–Trinajstić information content (AvgIpc) is 2.97. The Bertz CT molecular complexity index is 1390. The lowest BCUT2D eigenvalue weighted by molar-refractivity contribution is -0.114. The third-order valence-corrected chi connectivity index (χ3v) is 6.06. The number of anilines is 4. The average molecular weight is 507 g/mol. The van der Waals surface area contributed by atoms with Crippen molar-refractivity contribution in [3.8, 4) is 0 Å². The number of benzene rings is 4. The molecule has 0 fully saturated rings. The van der Waals surface area contributed by atoms with Crippen LogP contribution >= 0.6 is 0 Å². The number of hydrogen-bond acceptors (Lipinski definition) is 4. The smallest absolute Gasteiger partial charge is 0.258 e. The highest BCUT2D eigenvalue weighted by Crippen LogP contribution is 2.19. The Balaban J connectivity index is 1.33. The highest BCUT2D eigenvalue weighted by Gasteiger charge is 2.16. The predicted molar refractivity (Wildman–Crippen MR) is 153 cm³/mol. The molecule has 0 aliphatic rings. The SMILES string of the molecule is CCN(C(=O)c1ccc(NC(=O)CNc2cccc(C(=O)N(C)c3ccccc3)c2)cc1)c1ccccc1. The van der Waals surface area contributed by atoms with Crippen LogP contribution in [0.2, 0.25) is 0 Å². The van der Waals surface area contributed by atoms with E-state index < -0.39 is 0 Å². The van der Waals surface area contributed by atoms with Crippen molar-refractivity contribution in [3.05, 3.63) is 120 Å². The maximum Gasteiger partial charge on any atom is 0.258 e. The number of nitrogens with zero attached hydrogens (tertiary/aromatic N) is 2. The van der Waals surface area contributed by atoms with E-state index in [0.717, 1.165) is 11.4 Å². The summed E-state index contributed by atoms with van der Waals surface area (Å²) in [4.78, 5) is 41.7. The fraction of sp³-hybridized carbons (Fsp3) is 0.129. The molecule has 0 unspecified atom stereocenters. The zero-order chi connectivity index (χ0) is 26.9. The zero-order valence-corrected chi connectivity index (χ0v) is 21.4. The lowest BCUT2D eigenvalue weighted by Crippen LogP contribution is -2.30. The van der Waals surface area contributed by atoms with Gasteiger partial charge in [0.05, 0.1) is 6.54 Å². The van der Waals surface area contributed by atoms with Crippen LogP contribution in [-0.2, 0) is 4.79 Å². The molecule has 4 aromatic carbocycles. The first-order valence-corrected chi connectivity index (χ1v) is 12.4. The van der Waals surface area contributed by atoms with Crippen molar-refractivity contribution in [2.24, 2.45) is 0 Å². The van der Waals surface area contributed by atoms with Gasteiger partial charge < -0.3 is 20.4 Å². The van der Waals surface area contributed by atoms with E-state index in [0.29, 0.717) is 29.0 Å². The number of carbonyl (C=O) groups is 3. The third-order valence-electron chi connectivity index (χ3n) is 6.06. The van der Waals surface area contributed by atoms with Gasteiger partial charge in [-0.25, -0.2) is 0 Å². The van der Waals surface area contributed by atoms with Crippen LogP contribution in [0.15, 0.2) is 109 Å². The zero-order valence-electron chi connectivity index (χ0n) is 21.4. The van der Waals surface area contributed by atoms with Crippen molar-refractivity contribution < 1.29 is 14.4 Å². The Morgan fingerprint density at radius 1 is 0.658 bits per heavy atom. The lowest BCUT2D eigenvalue weighted by Gasteiger charge is -2.21. The quantitative estimate of drug-likeness (QED) is 0.306. The first-order chi connectivity index (χ1) is 18.5. The number of amides is 3. The van der Waals surface area contributed by atoms with Crippen LogP contribution in [0.1, 0.15) is 27.6 Å². The molecule has 0 radical (unpaired) electrons. The van der Waals surface area contributed by atoms with Crippen molar-refractivity contribution in [1.29, 1.82) is 0 Å². The Labute approximate surface area is 222 Å². The van der Waals surface area contributed by atoms with E-state index in [4.69, 9.17) is 0 Å². The van der Waals surface area contributed by atoms with Gasteiger partial charge in [0, 0.05) is 47.5 Å². The summed E-state index contributed by atoms with van der Waals surface area (Å²) >= 11 is 0. The van der Waals surface area contributed by atoms with Crippen molar-refractivity contribution in [3.63, 3.8) is 0 Å². The molecule has 4 rings (SSSR count). The molecule has 3 amide bonds. The number of carbonyl (C=O) groups excluding carboxylic acids is 3. The van der Waals surface area contributed by atoms with Crippen molar-refractivity contribution in [2.45, 2.75) is 6.92 Å². The van der Waals surface area contributed by atoms with Gasteiger partial charge in [0.2, 0.25) is 5.91 Å². The third kappa shape index (κ3) is 6.44. The van der Waals surface area contributed by atoms with Crippen LogP contribution in [0.4, 0.5) is 22.7 Å². The molecular formula is C31H30N4O3. The fourth-order valence-electron chi connectivity index (χ4n) is 4.02. The molecule has 0 aromatic heterocycles. The molecule has 7 heteroatoms. The topological polar surface area (TPSA) is 81.8 Å². The second-order valence-corrected chi connectivity index (χ2v) is 8.64. The molecule has 0 saturated heterocycles. The van der Waals surface area contributed by atoms with Crippen LogP contribution < -0.4 is 20.4 Å². The highest BCUT2D eigenvalue weighted by atomic mass is 16.2. The molecular weight excluding hydrogens is 476 g/mol. The molecule has 4 aromatic rings. The van der Waals surface area contributed by atoms with Crippen molar-refractivity contribution >= 4 is 40.5 Å². The molecule has 0 heterocycles. The van der Waals surface area contributed by atoms with Crippen LogP contribution in [0.3, 0.4) is 0 Å². The van der Waals surface area contributed by atoms with Gasteiger partial charge in [-0.15, -0.1) is 0 Å². The summed E-state index contributed by atoms with van der Waals surface area (Å²) in [7, 11) is 1.73. The van der Waals surface area contributed by atoms with Crippen molar-refractivity contribution in [1.82, 2.24) is 0 Å². The Morgan fingerprint density at radius 2 is 1.29 bits per heavy atom. The predicted octanol–water partition coefficient (Wildman–Crippen LogP) is 5.68. The molecule has 38 heavy (non-hydrogen) atoms. The number of para-hydroxylation sites is 2. The summed E-state index contributed by atoms with van der Waals surface area (Å²) in [5.41, 5.74) is 3.93. The number of nitrogens with one attached hydrogen (secondary N) is 2. The number of rotatable bonds is 9. The van der Waals surface area contributed by atoms with Gasteiger partial charge in [0.15, 0.2) is 0 Å². The van der Waals surface area contributed by atoms with Gasteiger partial charge in [-0.3, -0.25) is 14.4 Å². The van der Waals surface area contributed by atoms with Gasteiger partial charge in [-0.05, 0) is 73.7 Å². The summed E-state index contributed by atoms with van der Waals surface area (Å²) in [6.45, 7) is 2.49. The van der Waals surface area contributed by atoms with Gasteiger partial charge in [-0.2, -0.15) is 0 Å². The van der Waals surface area contributed by atoms with Crippen LogP contribution in [0.5, 0.6) is 0 Å². The Kier molecular flexibility index (Phi) is 8.51. The Morgan fingerprint density at radius 3 is 1.92 bits per heavy atom. The molecule has 2 N–H and O–H groups in total. The molecule has 0 atom stereocenters. The maximum atomic E-state index is 13.0. The van der Waals surface area contributed by atoms with E-state index >= 15 is 0 Å². The van der Waals surface area contributed by atoms with Crippen LogP contribution in [0.25, 0.3) is 0 Å². The van der Waals surface area contributed by atoms with E-state index in [1.54, 1.807) is 65.4 Å². The van der Waals surface area contributed by atoms with E-state index in [9.17, 15) is 14.4 Å². The monoisotopic (exact) mass is 506 g/mol. The molecule has 0 aliphatic carbocycles. The maximum absolute atomic E-state index is 13.0. The molecule has 0 saturated carbocycles. The van der Waals surface area contributed by atoms with Gasteiger partial charge in [-0.1, -0.05) is 42.5 Å². The van der Waals surface area contributed by atoms with Gasteiger partial charge in [0.1, 0.15) is 0 Å². The van der Waals surface area contributed by atoms with Gasteiger partial charge in [0.25, 0.3) is 11.8 Å². The summed E-state index contributed by atoms with van der Waals surface area (Å²) in [5.74, 6) is -0.500. The first kappa shape index (κ1) is 26.2. The summed E-state index contributed by atoms with van der Waals surface area (Å²) < 4.78 is 0. The second kappa shape index (κ2) is 12.4. The van der Waals surface area contributed by atoms with Gasteiger partial charge >= 0.3 is 0 Å². The minimum Gasteiger partial charge on any atom is -0.376 e. The van der Waals surface area contributed by atoms with Crippen LogP contribution in [-0.4, -0.2) is 37.9 Å². The van der Waals surface area contributed by atoms with Crippen LogP contribution in [0, 0.1) is 0 Å².